The lowest BCUT2D eigenvalue weighted by Crippen LogP contribution is -2.42. The fourth-order valence-electron chi connectivity index (χ4n) is 2.13. The number of hydrogen-bond acceptors (Lipinski definition) is 6. The maximum atomic E-state index is 12.7. The van der Waals surface area contributed by atoms with Gasteiger partial charge < -0.3 is 19.3 Å². The summed E-state index contributed by atoms with van der Waals surface area (Å²) < 4.78 is 15.7. The molecule has 0 aliphatic rings. The van der Waals surface area contributed by atoms with Crippen LogP contribution in [0.15, 0.2) is 22.7 Å². The van der Waals surface area contributed by atoms with Gasteiger partial charge in [0.1, 0.15) is 11.5 Å². The Balaban J connectivity index is 2.25. The predicted molar refractivity (Wildman–Crippen MR) is 93.0 cm³/mol. The normalized spacial score (nSPS) is 12.0. The highest BCUT2D eigenvalue weighted by Crippen LogP contribution is 2.26. The number of nitrogens with zero attached hydrogens (tertiary/aromatic N) is 2. The van der Waals surface area contributed by atoms with Crippen LogP contribution >= 0.6 is 0 Å². The number of ether oxygens (including phenoxy) is 2. The van der Waals surface area contributed by atoms with Crippen LogP contribution in [0.5, 0.6) is 11.5 Å². The van der Waals surface area contributed by atoms with Crippen molar-refractivity contribution in [3.63, 3.8) is 0 Å². The molecule has 2 aromatic rings. The molecule has 1 aromatic carbocycles. The number of benzene rings is 1. The van der Waals surface area contributed by atoms with Crippen molar-refractivity contribution in [2.24, 2.45) is 0 Å². The molecule has 7 heteroatoms. The molecule has 1 aromatic heterocycles. The summed E-state index contributed by atoms with van der Waals surface area (Å²) in [6.45, 7) is 9.59. The molecule has 0 aliphatic carbocycles. The van der Waals surface area contributed by atoms with Gasteiger partial charge in [-0.3, -0.25) is 4.79 Å². The van der Waals surface area contributed by atoms with Gasteiger partial charge in [-0.1, -0.05) is 25.9 Å². The summed E-state index contributed by atoms with van der Waals surface area (Å²) >= 11 is 0. The predicted octanol–water partition coefficient (Wildman–Crippen LogP) is 3.05. The van der Waals surface area contributed by atoms with Gasteiger partial charge in [-0.25, -0.2) is 0 Å². The Bertz CT molecular complexity index is 738. The van der Waals surface area contributed by atoms with E-state index in [1.165, 1.54) is 14.2 Å². The molecule has 0 saturated carbocycles. The number of carbonyl (C=O) groups excluding carboxylic acids is 1. The maximum absolute atomic E-state index is 12.7. The van der Waals surface area contributed by atoms with Crippen molar-refractivity contribution in [1.29, 1.82) is 0 Å². The van der Waals surface area contributed by atoms with Crippen LogP contribution < -0.4 is 14.8 Å². The van der Waals surface area contributed by atoms with E-state index in [0.29, 0.717) is 28.8 Å². The largest absolute Gasteiger partial charge is 0.497 e. The average Bonchev–Trinajstić information content (AvgIpc) is 3.05. The number of rotatable bonds is 5. The van der Waals surface area contributed by atoms with Crippen molar-refractivity contribution < 1.29 is 18.8 Å². The van der Waals surface area contributed by atoms with E-state index < -0.39 is 5.54 Å². The Kier molecular flexibility index (Phi) is 5.06. The van der Waals surface area contributed by atoms with Crippen molar-refractivity contribution in [2.45, 2.75) is 45.6 Å². The lowest BCUT2D eigenvalue weighted by molar-refractivity contribution is 0.0906. The molecule has 1 N–H and O–H groups in total. The van der Waals surface area contributed by atoms with Gasteiger partial charge >= 0.3 is 0 Å². The molecule has 0 spiro atoms. The van der Waals surface area contributed by atoms with Crippen LogP contribution in [0.2, 0.25) is 0 Å². The highest BCUT2D eigenvalue weighted by Gasteiger charge is 2.31. The second kappa shape index (κ2) is 6.74. The molecule has 2 rings (SSSR count). The number of hydrogen-bond donors (Lipinski definition) is 1. The Morgan fingerprint density at radius 2 is 1.60 bits per heavy atom. The molecule has 0 unspecified atom stereocenters. The van der Waals surface area contributed by atoms with Crippen molar-refractivity contribution >= 4 is 5.91 Å². The van der Waals surface area contributed by atoms with E-state index in [9.17, 15) is 4.79 Å². The second-order valence-electron chi connectivity index (χ2n) is 7.35. The van der Waals surface area contributed by atoms with Gasteiger partial charge in [0, 0.05) is 17.0 Å². The van der Waals surface area contributed by atoms with Gasteiger partial charge in [0.05, 0.1) is 19.8 Å². The van der Waals surface area contributed by atoms with Crippen molar-refractivity contribution in [3.05, 3.63) is 35.5 Å². The lowest BCUT2D eigenvalue weighted by atomic mass is 9.96. The smallest absolute Gasteiger partial charge is 0.252 e. The monoisotopic (exact) mass is 347 g/mol. The fourth-order valence-corrected chi connectivity index (χ4v) is 2.13. The van der Waals surface area contributed by atoms with Crippen LogP contribution in [0.1, 0.15) is 56.7 Å². The minimum atomic E-state index is -0.805. The van der Waals surface area contributed by atoms with Gasteiger partial charge in [-0.05, 0) is 26.0 Å². The van der Waals surface area contributed by atoms with E-state index in [2.05, 4.69) is 15.5 Å². The molecule has 0 aliphatic heterocycles. The molecule has 0 radical (unpaired) electrons. The van der Waals surface area contributed by atoms with Crippen LogP contribution in [0, 0.1) is 0 Å². The van der Waals surface area contributed by atoms with Gasteiger partial charge in [-0.2, -0.15) is 4.98 Å². The molecule has 0 fully saturated rings. The maximum Gasteiger partial charge on any atom is 0.252 e. The number of carbonyl (C=O) groups is 1. The van der Waals surface area contributed by atoms with E-state index in [0.717, 1.165) is 0 Å². The van der Waals surface area contributed by atoms with Crippen LogP contribution in [0.25, 0.3) is 0 Å². The topological polar surface area (TPSA) is 86.5 Å². The SMILES string of the molecule is COc1cc(OC)cc(C(=O)NC(C)(C)c2noc(C(C)(C)C)n2)c1. The van der Waals surface area contributed by atoms with E-state index in [1.807, 2.05) is 34.6 Å². The first-order chi connectivity index (χ1) is 11.6. The third-order valence-corrected chi connectivity index (χ3v) is 3.67. The third kappa shape index (κ3) is 4.29. The molecule has 0 bridgehead atoms. The Labute approximate surface area is 147 Å². The number of nitrogens with one attached hydrogen (secondary N) is 1. The molecule has 1 amide bonds. The molecule has 136 valence electrons. The zero-order valence-corrected chi connectivity index (χ0v) is 15.8. The molecule has 7 nitrogen and oxygen atoms in total. The number of aromatic nitrogens is 2. The summed E-state index contributed by atoms with van der Waals surface area (Å²) in [5.74, 6) is 1.73. The van der Waals surface area contributed by atoms with Crippen molar-refractivity contribution in [2.75, 3.05) is 14.2 Å². The van der Waals surface area contributed by atoms with Gasteiger partial charge in [0.25, 0.3) is 5.91 Å². The zero-order valence-electron chi connectivity index (χ0n) is 15.8. The van der Waals surface area contributed by atoms with E-state index in [4.69, 9.17) is 14.0 Å². The highest BCUT2D eigenvalue weighted by molar-refractivity contribution is 5.95. The summed E-state index contributed by atoms with van der Waals surface area (Å²) in [5.41, 5.74) is -0.643. The highest BCUT2D eigenvalue weighted by atomic mass is 16.5. The Morgan fingerprint density at radius 3 is 2.04 bits per heavy atom. The first-order valence-corrected chi connectivity index (χ1v) is 7.97. The number of amides is 1. The summed E-state index contributed by atoms with van der Waals surface area (Å²) in [6, 6.07) is 4.99. The summed E-state index contributed by atoms with van der Waals surface area (Å²) in [5, 5.41) is 6.94. The Morgan fingerprint density at radius 1 is 1.04 bits per heavy atom. The summed E-state index contributed by atoms with van der Waals surface area (Å²) in [7, 11) is 3.07. The molecule has 1 heterocycles. The van der Waals surface area contributed by atoms with E-state index in [-0.39, 0.29) is 11.3 Å². The minimum absolute atomic E-state index is 0.258. The average molecular weight is 347 g/mol. The van der Waals surface area contributed by atoms with Gasteiger partial charge in [0.2, 0.25) is 5.89 Å². The summed E-state index contributed by atoms with van der Waals surface area (Å²) in [4.78, 5) is 17.1. The quantitative estimate of drug-likeness (QED) is 0.894. The molecule has 0 atom stereocenters. The fraction of sp³-hybridized carbons (Fsp3) is 0.500. The van der Waals surface area contributed by atoms with Crippen LogP contribution in [0.3, 0.4) is 0 Å². The van der Waals surface area contributed by atoms with E-state index in [1.54, 1.807) is 18.2 Å². The third-order valence-electron chi connectivity index (χ3n) is 3.67. The van der Waals surface area contributed by atoms with Crippen molar-refractivity contribution in [1.82, 2.24) is 15.5 Å². The van der Waals surface area contributed by atoms with Crippen LogP contribution in [-0.2, 0) is 11.0 Å². The molecule has 25 heavy (non-hydrogen) atoms. The summed E-state index contributed by atoms with van der Waals surface area (Å²) in [6.07, 6.45) is 0. The van der Waals surface area contributed by atoms with Crippen LogP contribution in [-0.4, -0.2) is 30.3 Å². The lowest BCUT2D eigenvalue weighted by Gasteiger charge is -2.22. The van der Waals surface area contributed by atoms with Crippen LogP contribution in [0.4, 0.5) is 0 Å². The molecular weight excluding hydrogens is 322 g/mol. The molecular formula is C18H25N3O4. The minimum Gasteiger partial charge on any atom is -0.497 e. The van der Waals surface area contributed by atoms with E-state index >= 15 is 0 Å². The first kappa shape index (κ1) is 18.8. The van der Waals surface area contributed by atoms with Gasteiger partial charge in [0.15, 0.2) is 5.82 Å². The first-order valence-electron chi connectivity index (χ1n) is 7.97. The standard InChI is InChI=1S/C18H25N3O4/c1-17(2,3)16-19-15(21-25-16)18(4,5)20-14(22)11-8-12(23-6)10-13(9-11)24-7/h8-10H,1-7H3,(H,20,22). The zero-order chi connectivity index (χ0) is 18.8. The second-order valence-corrected chi connectivity index (χ2v) is 7.35. The number of methoxy groups -OCH3 is 2. The van der Waals surface area contributed by atoms with Crippen molar-refractivity contribution in [3.8, 4) is 11.5 Å². The van der Waals surface area contributed by atoms with Gasteiger partial charge in [-0.15, -0.1) is 0 Å². The Hall–Kier alpha value is -2.57. The molecule has 0 saturated heterocycles.